The Morgan fingerprint density at radius 1 is 1.22 bits per heavy atom. The maximum absolute atomic E-state index is 13.5. The molecule has 2 fully saturated rings. The van der Waals surface area contributed by atoms with E-state index in [2.05, 4.69) is 25.4 Å². The van der Waals surface area contributed by atoms with E-state index < -0.39 is 50.4 Å². The Kier molecular flexibility index (Phi) is 9.09. The number of nitrogens with zero attached hydrogens (tertiary/aromatic N) is 4. The summed E-state index contributed by atoms with van der Waals surface area (Å²) in [5, 5.41) is 36.7. The molecule has 6 atom stereocenters. The second-order valence-electron chi connectivity index (χ2n) is 10.1. The molecular formula is C25H32ClN6O8P. The van der Waals surface area contributed by atoms with Crippen molar-refractivity contribution in [2.24, 2.45) is 0 Å². The number of carboxylic acid groups (broad SMARTS) is 1. The van der Waals surface area contributed by atoms with Gasteiger partial charge < -0.3 is 34.6 Å². The summed E-state index contributed by atoms with van der Waals surface area (Å²) in [6, 6.07) is 7.31. The first kappa shape index (κ1) is 29.6. The summed E-state index contributed by atoms with van der Waals surface area (Å²) in [6.45, 7) is 1.05. The van der Waals surface area contributed by atoms with Crippen molar-refractivity contribution in [3.63, 3.8) is 0 Å². The lowest BCUT2D eigenvalue weighted by atomic mass is 10.1. The van der Waals surface area contributed by atoms with Gasteiger partial charge in [-0.15, -0.1) is 0 Å². The molecule has 1 saturated heterocycles. The Bertz CT molecular complexity index is 1410. The number of hydrogen-bond donors (Lipinski definition) is 5. The first-order valence-corrected chi connectivity index (χ1v) is 15.4. The van der Waals surface area contributed by atoms with Crippen molar-refractivity contribution in [3.05, 3.63) is 41.9 Å². The zero-order chi connectivity index (χ0) is 29.1. The van der Waals surface area contributed by atoms with Crippen LogP contribution in [0.25, 0.3) is 11.2 Å². The van der Waals surface area contributed by atoms with Crippen LogP contribution in [0.4, 0.5) is 5.82 Å². The molecule has 2 aromatic heterocycles. The highest BCUT2D eigenvalue weighted by atomic mass is 35.5. The first-order valence-electron chi connectivity index (χ1n) is 13.2. The molecule has 1 aliphatic heterocycles. The number of nitrogens with one attached hydrogen (secondary N) is 2. The summed E-state index contributed by atoms with van der Waals surface area (Å²) in [4.78, 5) is 24.4. The average molecular weight is 611 g/mol. The molecule has 2 unspecified atom stereocenters. The first-order chi connectivity index (χ1) is 19.6. The Balaban J connectivity index is 1.28. The van der Waals surface area contributed by atoms with Gasteiger partial charge in [0.2, 0.25) is 5.28 Å². The van der Waals surface area contributed by atoms with Crippen LogP contribution in [-0.4, -0.2) is 84.2 Å². The highest BCUT2D eigenvalue weighted by Crippen LogP contribution is 2.44. The lowest BCUT2D eigenvalue weighted by molar-refractivity contribution is -0.138. The van der Waals surface area contributed by atoms with E-state index in [4.69, 9.17) is 25.6 Å². The summed E-state index contributed by atoms with van der Waals surface area (Å²) < 4.78 is 32.1. The number of halogens is 1. The van der Waals surface area contributed by atoms with E-state index in [1.807, 2.05) is 0 Å². The van der Waals surface area contributed by atoms with Crippen LogP contribution in [0.1, 0.15) is 38.8 Å². The number of benzene rings is 1. The third kappa shape index (κ3) is 6.81. The predicted octanol–water partition coefficient (Wildman–Crippen LogP) is 2.76. The number of ether oxygens (including phenoxy) is 2. The number of para-hydroxylation sites is 1. The van der Waals surface area contributed by atoms with Gasteiger partial charge >= 0.3 is 13.5 Å². The van der Waals surface area contributed by atoms with Crippen molar-refractivity contribution in [1.29, 1.82) is 0 Å². The molecule has 1 aliphatic carbocycles. The van der Waals surface area contributed by atoms with Crippen LogP contribution in [0, 0.1) is 0 Å². The highest BCUT2D eigenvalue weighted by Gasteiger charge is 2.45. The molecular weight excluding hydrogens is 579 g/mol. The summed E-state index contributed by atoms with van der Waals surface area (Å²) >= 11 is 6.21. The van der Waals surface area contributed by atoms with Gasteiger partial charge in [-0.2, -0.15) is 9.97 Å². The molecule has 0 amide bonds. The number of rotatable bonds is 12. The molecule has 14 nitrogen and oxygen atoms in total. The van der Waals surface area contributed by atoms with Crippen molar-refractivity contribution in [2.75, 3.05) is 18.3 Å². The largest absolute Gasteiger partial charge is 0.480 e. The number of aliphatic hydroxyl groups is 2. The lowest BCUT2D eigenvalue weighted by Gasteiger charge is -2.23. The Labute approximate surface area is 240 Å². The van der Waals surface area contributed by atoms with Crippen LogP contribution in [0.15, 0.2) is 36.7 Å². The lowest BCUT2D eigenvalue weighted by Crippen LogP contribution is -2.36. The van der Waals surface area contributed by atoms with Gasteiger partial charge in [0.25, 0.3) is 0 Å². The summed E-state index contributed by atoms with van der Waals surface area (Å²) in [7, 11) is -3.87. The molecule has 16 heteroatoms. The van der Waals surface area contributed by atoms with Crippen LogP contribution in [0.5, 0.6) is 5.75 Å². The Hall–Kier alpha value is -2.84. The Morgan fingerprint density at radius 3 is 2.66 bits per heavy atom. The van der Waals surface area contributed by atoms with Crippen LogP contribution in [0.3, 0.4) is 0 Å². The quantitative estimate of drug-likeness (QED) is 0.149. The fourth-order valence-electron chi connectivity index (χ4n) is 4.92. The average Bonchev–Trinajstić information content (AvgIpc) is 3.66. The minimum absolute atomic E-state index is 0.00933. The third-order valence-corrected chi connectivity index (χ3v) is 8.98. The number of hydrogen-bond acceptors (Lipinski definition) is 11. The van der Waals surface area contributed by atoms with Gasteiger partial charge in [-0.05, 0) is 43.5 Å². The maximum atomic E-state index is 13.5. The van der Waals surface area contributed by atoms with Gasteiger partial charge in [-0.3, -0.25) is 13.9 Å². The van der Waals surface area contributed by atoms with E-state index >= 15 is 0 Å². The van der Waals surface area contributed by atoms with Gasteiger partial charge in [0, 0.05) is 6.04 Å². The van der Waals surface area contributed by atoms with Crippen LogP contribution in [0.2, 0.25) is 5.28 Å². The number of imidazole rings is 1. The Morgan fingerprint density at radius 2 is 1.95 bits per heavy atom. The molecule has 2 aliphatic rings. The standard InChI is InChI=1S/C25H32ClN6O8P/c1-14(24(35)36)31-41(37,40-16-9-3-2-4-10-16)13-38-11-17-19(33)20(34)23(39-17)32-12-27-18-21(28-15-7-5-6-8-15)29-25(26)30-22(18)32/h2-4,9-10,12,14-15,17,19-20,23,33-34H,5-8,11,13H2,1H3,(H,31,37)(H,35,36)(H,28,29,30)/t14?,17-,19-,20-,23-,41?/m1/s1. The number of anilines is 1. The van der Waals surface area contributed by atoms with Gasteiger partial charge in [-0.25, -0.2) is 10.1 Å². The molecule has 3 aromatic rings. The third-order valence-electron chi connectivity index (χ3n) is 7.00. The van der Waals surface area contributed by atoms with Crippen molar-refractivity contribution in [2.45, 2.75) is 69.2 Å². The molecule has 222 valence electrons. The zero-order valence-electron chi connectivity index (χ0n) is 22.2. The number of carbonyl (C=O) groups is 1. The number of aromatic nitrogens is 4. The van der Waals surface area contributed by atoms with Crippen molar-refractivity contribution in [3.8, 4) is 5.75 Å². The molecule has 1 saturated carbocycles. The summed E-state index contributed by atoms with van der Waals surface area (Å²) in [5.74, 6) is -0.483. The van der Waals surface area contributed by atoms with Gasteiger partial charge in [0.1, 0.15) is 36.5 Å². The fraction of sp³-hybridized carbons (Fsp3) is 0.520. The topological polar surface area (TPSA) is 190 Å². The number of carboxylic acids is 1. The number of aliphatic carboxylic acids is 1. The minimum atomic E-state index is -3.87. The SMILES string of the molecule is CC(NP(=O)(COC[C@H]1O[C@@H](n2cnc3c(NC4CCCC4)nc(Cl)nc32)[C@H](O)[C@@H]1O)Oc1ccccc1)C(=O)O. The molecule has 0 bridgehead atoms. The highest BCUT2D eigenvalue weighted by molar-refractivity contribution is 7.57. The van der Waals surface area contributed by atoms with Crippen LogP contribution < -0.4 is 14.9 Å². The number of fused-ring (bicyclic) bond motifs is 1. The van der Waals surface area contributed by atoms with Crippen molar-refractivity contribution < 1.29 is 38.7 Å². The second-order valence-corrected chi connectivity index (χ2v) is 12.5. The molecule has 0 radical (unpaired) electrons. The minimum Gasteiger partial charge on any atom is -0.480 e. The van der Waals surface area contributed by atoms with Crippen molar-refractivity contribution in [1.82, 2.24) is 24.6 Å². The monoisotopic (exact) mass is 610 g/mol. The van der Waals surface area contributed by atoms with E-state index in [0.717, 1.165) is 25.7 Å². The van der Waals surface area contributed by atoms with Crippen LogP contribution in [-0.2, 0) is 18.8 Å². The number of aliphatic hydroxyl groups excluding tert-OH is 2. The van der Waals surface area contributed by atoms with Crippen molar-refractivity contribution >= 4 is 42.1 Å². The molecule has 0 spiro atoms. The van der Waals surface area contributed by atoms with Gasteiger partial charge in [0.15, 0.2) is 23.2 Å². The zero-order valence-corrected chi connectivity index (χ0v) is 23.8. The smallest absolute Gasteiger partial charge is 0.342 e. The fourth-order valence-corrected chi connectivity index (χ4v) is 6.77. The molecule has 5 N–H and O–H groups in total. The molecule has 41 heavy (non-hydrogen) atoms. The normalized spacial score (nSPS) is 25.3. The van der Waals surface area contributed by atoms with E-state index in [-0.39, 0.29) is 23.7 Å². The predicted molar refractivity (Wildman–Crippen MR) is 148 cm³/mol. The second kappa shape index (κ2) is 12.6. The van der Waals surface area contributed by atoms with E-state index in [1.165, 1.54) is 17.8 Å². The summed E-state index contributed by atoms with van der Waals surface area (Å²) in [6.07, 6.45) is 0.323. The van der Waals surface area contributed by atoms with E-state index in [9.17, 15) is 24.7 Å². The molecule has 3 heterocycles. The summed E-state index contributed by atoms with van der Waals surface area (Å²) in [5.41, 5.74) is 0.764. The maximum Gasteiger partial charge on any atom is 0.342 e. The van der Waals surface area contributed by atoms with Gasteiger partial charge in [-0.1, -0.05) is 31.0 Å². The van der Waals surface area contributed by atoms with Crippen LogP contribution >= 0.6 is 19.1 Å². The van der Waals surface area contributed by atoms with E-state index in [1.54, 1.807) is 30.3 Å². The molecule has 5 rings (SSSR count). The van der Waals surface area contributed by atoms with Gasteiger partial charge in [0.05, 0.1) is 12.9 Å². The van der Waals surface area contributed by atoms with E-state index in [0.29, 0.717) is 17.0 Å². The molecule has 1 aromatic carbocycles.